The lowest BCUT2D eigenvalue weighted by Gasteiger charge is -2.13. The number of para-hydroxylation sites is 1. The SMILES string of the molecule is C/C(=N\NC(=O)COc1ccccc1C(C)C)c1ccc(C)cc1. The molecule has 126 valence electrons. The third-order valence-corrected chi connectivity index (χ3v) is 3.72. The van der Waals surface area contributed by atoms with Gasteiger partial charge in [-0.3, -0.25) is 4.79 Å². The van der Waals surface area contributed by atoms with Gasteiger partial charge in [0.2, 0.25) is 0 Å². The number of carbonyl (C=O) groups is 1. The number of hydrogen-bond donors (Lipinski definition) is 1. The number of benzene rings is 2. The Balaban J connectivity index is 1.92. The van der Waals surface area contributed by atoms with Gasteiger partial charge in [-0.25, -0.2) is 5.43 Å². The number of nitrogens with zero attached hydrogens (tertiary/aromatic N) is 1. The molecule has 0 aliphatic rings. The molecule has 0 saturated carbocycles. The van der Waals surface area contributed by atoms with E-state index < -0.39 is 0 Å². The predicted octanol–water partition coefficient (Wildman–Crippen LogP) is 4.04. The number of aryl methyl sites for hydroxylation is 1. The van der Waals surface area contributed by atoms with E-state index in [1.54, 1.807) is 0 Å². The lowest BCUT2D eigenvalue weighted by Crippen LogP contribution is -2.25. The fraction of sp³-hybridized carbons (Fsp3) is 0.300. The van der Waals surface area contributed by atoms with Crippen LogP contribution in [0.5, 0.6) is 5.75 Å². The number of nitrogens with one attached hydrogen (secondary N) is 1. The maximum absolute atomic E-state index is 11.9. The summed E-state index contributed by atoms with van der Waals surface area (Å²) >= 11 is 0. The van der Waals surface area contributed by atoms with Crippen molar-refractivity contribution in [1.29, 1.82) is 0 Å². The lowest BCUT2D eigenvalue weighted by molar-refractivity contribution is -0.123. The van der Waals surface area contributed by atoms with Gasteiger partial charge in [-0.1, -0.05) is 61.9 Å². The summed E-state index contributed by atoms with van der Waals surface area (Å²) in [5, 5.41) is 4.13. The van der Waals surface area contributed by atoms with E-state index in [4.69, 9.17) is 4.74 Å². The number of rotatable bonds is 6. The lowest BCUT2D eigenvalue weighted by atomic mass is 10.0. The second-order valence-corrected chi connectivity index (χ2v) is 6.08. The summed E-state index contributed by atoms with van der Waals surface area (Å²) in [6, 6.07) is 15.8. The van der Waals surface area contributed by atoms with E-state index in [1.807, 2.05) is 62.4 Å². The molecule has 2 rings (SSSR count). The highest BCUT2D eigenvalue weighted by Gasteiger charge is 2.09. The Hall–Kier alpha value is -2.62. The topological polar surface area (TPSA) is 50.7 Å². The van der Waals surface area contributed by atoms with Crippen molar-refractivity contribution in [2.45, 2.75) is 33.6 Å². The summed E-state index contributed by atoms with van der Waals surface area (Å²) in [5.74, 6) is 0.799. The van der Waals surface area contributed by atoms with Gasteiger partial charge < -0.3 is 4.74 Å². The molecule has 0 spiro atoms. The van der Waals surface area contributed by atoms with Crippen molar-refractivity contribution in [1.82, 2.24) is 5.43 Å². The van der Waals surface area contributed by atoms with Crippen LogP contribution in [0.3, 0.4) is 0 Å². The van der Waals surface area contributed by atoms with Gasteiger partial charge in [0.1, 0.15) is 5.75 Å². The molecule has 0 heterocycles. The summed E-state index contributed by atoms with van der Waals surface area (Å²) < 4.78 is 5.63. The number of carbonyl (C=O) groups excluding carboxylic acids is 1. The van der Waals surface area contributed by atoms with E-state index in [2.05, 4.69) is 24.4 Å². The minimum absolute atomic E-state index is 0.0611. The molecule has 1 amide bonds. The van der Waals surface area contributed by atoms with Gasteiger partial charge in [-0.2, -0.15) is 5.10 Å². The minimum atomic E-state index is -0.278. The van der Waals surface area contributed by atoms with Crippen molar-refractivity contribution in [2.24, 2.45) is 5.10 Å². The Morgan fingerprint density at radius 3 is 2.46 bits per heavy atom. The van der Waals surface area contributed by atoms with Crippen LogP contribution >= 0.6 is 0 Å². The molecular weight excluding hydrogens is 300 g/mol. The predicted molar refractivity (Wildman–Crippen MR) is 97.6 cm³/mol. The second kappa shape index (κ2) is 8.29. The summed E-state index contributed by atoms with van der Waals surface area (Å²) in [5.41, 5.74) is 6.55. The first-order chi connectivity index (χ1) is 11.5. The monoisotopic (exact) mass is 324 g/mol. The Morgan fingerprint density at radius 1 is 1.12 bits per heavy atom. The molecule has 0 radical (unpaired) electrons. The molecule has 2 aromatic rings. The van der Waals surface area contributed by atoms with Gasteiger partial charge in [-0.15, -0.1) is 0 Å². The Morgan fingerprint density at radius 2 is 1.79 bits per heavy atom. The molecule has 0 atom stereocenters. The van der Waals surface area contributed by atoms with E-state index in [-0.39, 0.29) is 12.5 Å². The Bertz CT molecular complexity index is 719. The largest absolute Gasteiger partial charge is 0.483 e. The Kier molecular flexibility index (Phi) is 6.13. The van der Waals surface area contributed by atoms with Gasteiger partial charge >= 0.3 is 0 Å². The number of ether oxygens (including phenoxy) is 1. The molecule has 0 aliphatic carbocycles. The third-order valence-electron chi connectivity index (χ3n) is 3.72. The standard InChI is InChI=1S/C20H24N2O2/c1-14(2)18-7-5-6-8-19(18)24-13-20(23)22-21-16(4)17-11-9-15(3)10-12-17/h5-12,14H,13H2,1-4H3,(H,22,23)/b21-16+. The van der Waals surface area contributed by atoms with E-state index in [0.29, 0.717) is 5.92 Å². The van der Waals surface area contributed by atoms with Crippen molar-refractivity contribution in [3.8, 4) is 5.75 Å². The highest BCUT2D eigenvalue weighted by atomic mass is 16.5. The average Bonchev–Trinajstić information content (AvgIpc) is 2.58. The zero-order valence-corrected chi connectivity index (χ0v) is 14.7. The van der Waals surface area contributed by atoms with Crippen LogP contribution in [-0.4, -0.2) is 18.2 Å². The Labute approximate surface area is 143 Å². The fourth-order valence-electron chi connectivity index (χ4n) is 2.27. The van der Waals surface area contributed by atoms with Gasteiger partial charge in [0.25, 0.3) is 5.91 Å². The zero-order chi connectivity index (χ0) is 17.5. The van der Waals surface area contributed by atoms with Crippen LogP contribution < -0.4 is 10.2 Å². The fourth-order valence-corrected chi connectivity index (χ4v) is 2.27. The van der Waals surface area contributed by atoms with Gasteiger partial charge in [0.15, 0.2) is 6.61 Å². The quantitative estimate of drug-likeness (QED) is 0.644. The first kappa shape index (κ1) is 17.7. The van der Waals surface area contributed by atoms with Crippen LogP contribution in [0.4, 0.5) is 0 Å². The van der Waals surface area contributed by atoms with E-state index in [1.165, 1.54) is 5.56 Å². The average molecular weight is 324 g/mol. The smallest absolute Gasteiger partial charge is 0.277 e. The van der Waals surface area contributed by atoms with Crippen LogP contribution in [0.15, 0.2) is 53.6 Å². The third kappa shape index (κ3) is 4.95. The van der Waals surface area contributed by atoms with Crippen molar-refractivity contribution < 1.29 is 9.53 Å². The summed E-state index contributed by atoms with van der Waals surface area (Å²) in [6.45, 7) is 8.02. The van der Waals surface area contributed by atoms with Crippen LogP contribution in [0.25, 0.3) is 0 Å². The van der Waals surface area contributed by atoms with Gasteiger partial charge in [-0.05, 0) is 37.0 Å². The maximum Gasteiger partial charge on any atom is 0.277 e. The van der Waals surface area contributed by atoms with Crippen molar-refractivity contribution >= 4 is 11.6 Å². The molecule has 0 unspecified atom stereocenters. The number of hydrogen-bond acceptors (Lipinski definition) is 3. The van der Waals surface area contributed by atoms with Crippen molar-refractivity contribution in [2.75, 3.05) is 6.61 Å². The molecule has 0 fully saturated rings. The van der Waals surface area contributed by atoms with Crippen LogP contribution in [0, 0.1) is 6.92 Å². The first-order valence-corrected chi connectivity index (χ1v) is 8.09. The number of hydrazone groups is 1. The molecule has 2 aromatic carbocycles. The molecule has 4 heteroatoms. The summed E-state index contributed by atoms with van der Waals surface area (Å²) in [4.78, 5) is 11.9. The molecule has 0 saturated heterocycles. The van der Waals surface area contributed by atoms with E-state index in [9.17, 15) is 4.79 Å². The van der Waals surface area contributed by atoms with Gasteiger partial charge in [0.05, 0.1) is 5.71 Å². The van der Waals surface area contributed by atoms with Gasteiger partial charge in [0, 0.05) is 0 Å². The number of amides is 1. The maximum atomic E-state index is 11.9. The molecule has 4 nitrogen and oxygen atoms in total. The minimum Gasteiger partial charge on any atom is -0.483 e. The first-order valence-electron chi connectivity index (χ1n) is 8.09. The zero-order valence-electron chi connectivity index (χ0n) is 14.7. The molecule has 0 bridgehead atoms. The molecule has 0 aliphatic heterocycles. The molecule has 1 N–H and O–H groups in total. The second-order valence-electron chi connectivity index (χ2n) is 6.08. The molecular formula is C20H24N2O2. The highest BCUT2D eigenvalue weighted by Crippen LogP contribution is 2.25. The molecule has 0 aromatic heterocycles. The normalized spacial score (nSPS) is 11.5. The van der Waals surface area contributed by atoms with Crippen molar-refractivity contribution in [3.63, 3.8) is 0 Å². The highest BCUT2D eigenvalue weighted by molar-refractivity contribution is 5.99. The van der Waals surface area contributed by atoms with Crippen LogP contribution in [0.1, 0.15) is 43.4 Å². The summed E-state index contributed by atoms with van der Waals surface area (Å²) in [7, 11) is 0. The molecule has 24 heavy (non-hydrogen) atoms. The summed E-state index contributed by atoms with van der Waals surface area (Å²) in [6.07, 6.45) is 0. The van der Waals surface area contributed by atoms with E-state index in [0.717, 1.165) is 22.6 Å². The van der Waals surface area contributed by atoms with E-state index >= 15 is 0 Å². The van der Waals surface area contributed by atoms with Crippen molar-refractivity contribution in [3.05, 3.63) is 65.2 Å². The van der Waals surface area contributed by atoms with Crippen LogP contribution in [-0.2, 0) is 4.79 Å². The van der Waals surface area contributed by atoms with Crippen LogP contribution in [0.2, 0.25) is 0 Å².